The minimum Gasteiger partial charge on any atom is -0.310 e. The molecule has 0 amide bonds. The van der Waals surface area contributed by atoms with Crippen molar-refractivity contribution >= 4 is 17.1 Å². The third-order valence-electron chi connectivity index (χ3n) is 13.0. The molecule has 9 aromatic carbocycles. The molecule has 0 atom stereocenters. The minimum atomic E-state index is -0.441. The third kappa shape index (κ3) is 5.25. The zero-order valence-electron chi connectivity index (χ0n) is 33.3. The van der Waals surface area contributed by atoms with E-state index in [-0.39, 0.29) is 5.41 Å². The topological polar surface area (TPSA) is 3.24 Å². The Morgan fingerprint density at radius 2 is 0.763 bits per heavy atom. The lowest BCUT2D eigenvalue weighted by Gasteiger charge is -2.46. The molecule has 9 aromatic rings. The number of hydrogen-bond donors (Lipinski definition) is 0. The summed E-state index contributed by atoms with van der Waals surface area (Å²) in [5.41, 5.74) is 20.8. The maximum absolute atomic E-state index is 2.43. The Bertz CT molecular complexity index is 2980. The molecule has 1 nitrogen and oxygen atoms in total. The first-order chi connectivity index (χ1) is 29.1. The highest BCUT2D eigenvalue weighted by atomic mass is 15.1. The number of rotatable bonds is 6. The average Bonchev–Trinajstić information content (AvgIpc) is 3.60. The summed E-state index contributed by atoms with van der Waals surface area (Å²) in [6, 6.07) is 82.8. The highest BCUT2D eigenvalue weighted by Gasteiger charge is 2.53. The Morgan fingerprint density at radius 3 is 1.46 bits per heavy atom. The van der Waals surface area contributed by atoms with Gasteiger partial charge in [-0.3, -0.25) is 0 Å². The van der Waals surface area contributed by atoms with E-state index < -0.39 is 5.41 Å². The van der Waals surface area contributed by atoms with Gasteiger partial charge >= 0.3 is 0 Å². The van der Waals surface area contributed by atoms with Crippen LogP contribution < -0.4 is 4.90 Å². The Labute approximate surface area is 347 Å². The summed E-state index contributed by atoms with van der Waals surface area (Å²) >= 11 is 0. The number of nitrogens with zero attached hydrogens (tertiary/aromatic N) is 1. The van der Waals surface area contributed by atoms with Gasteiger partial charge in [0.1, 0.15) is 0 Å². The van der Waals surface area contributed by atoms with Crippen molar-refractivity contribution in [3.8, 4) is 44.5 Å². The van der Waals surface area contributed by atoms with Gasteiger partial charge in [-0.2, -0.15) is 0 Å². The van der Waals surface area contributed by atoms with Crippen molar-refractivity contribution in [3.05, 3.63) is 258 Å². The first-order valence-corrected chi connectivity index (χ1v) is 20.7. The molecule has 0 unspecified atom stereocenters. The van der Waals surface area contributed by atoms with Crippen LogP contribution in [0, 0.1) is 0 Å². The second-order valence-electron chi connectivity index (χ2n) is 16.4. The second kappa shape index (κ2) is 13.7. The van der Waals surface area contributed by atoms with Crippen LogP contribution in [-0.4, -0.2) is 0 Å². The van der Waals surface area contributed by atoms with Crippen LogP contribution in [-0.2, 0) is 10.8 Å². The molecule has 59 heavy (non-hydrogen) atoms. The number of fused-ring (bicyclic) bond motifs is 9. The van der Waals surface area contributed by atoms with Crippen LogP contribution in [0.5, 0.6) is 0 Å². The Morgan fingerprint density at radius 1 is 0.305 bits per heavy atom. The normalized spacial score (nSPS) is 13.9. The summed E-state index contributed by atoms with van der Waals surface area (Å²) in [6.45, 7) is 4.77. The van der Waals surface area contributed by atoms with E-state index in [1.54, 1.807) is 0 Å². The highest BCUT2D eigenvalue weighted by Crippen LogP contribution is 2.63. The zero-order chi connectivity index (χ0) is 39.6. The molecule has 0 heterocycles. The molecule has 0 bridgehead atoms. The van der Waals surface area contributed by atoms with Crippen molar-refractivity contribution in [2.75, 3.05) is 4.90 Å². The molecule has 0 saturated heterocycles. The molecular formula is C58H43N. The van der Waals surface area contributed by atoms with Crippen LogP contribution >= 0.6 is 0 Å². The van der Waals surface area contributed by atoms with E-state index in [0.717, 1.165) is 17.1 Å². The van der Waals surface area contributed by atoms with Crippen LogP contribution in [0.25, 0.3) is 44.5 Å². The molecule has 2 aliphatic rings. The van der Waals surface area contributed by atoms with Gasteiger partial charge in [0.25, 0.3) is 0 Å². The van der Waals surface area contributed by atoms with Gasteiger partial charge in [0.15, 0.2) is 0 Å². The maximum Gasteiger partial charge on any atom is 0.0719 e. The van der Waals surface area contributed by atoms with E-state index in [1.807, 2.05) is 0 Å². The first kappa shape index (κ1) is 35.0. The second-order valence-corrected chi connectivity index (χ2v) is 16.4. The molecule has 1 heteroatoms. The lowest BCUT2D eigenvalue weighted by atomic mass is 9.55. The summed E-state index contributed by atoms with van der Waals surface area (Å²) in [5, 5.41) is 0. The number of benzene rings is 9. The summed E-state index contributed by atoms with van der Waals surface area (Å²) in [4.78, 5) is 2.43. The molecule has 2 aliphatic carbocycles. The van der Waals surface area contributed by atoms with Gasteiger partial charge in [-0.1, -0.05) is 208 Å². The van der Waals surface area contributed by atoms with Gasteiger partial charge in [-0.05, 0) is 103 Å². The predicted molar refractivity (Wildman–Crippen MR) is 247 cm³/mol. The number of hydrogen-bond acceptors (Lipinski definition) is 1. The zero-order valence-corrected chi connectivity index (χ0v) is 33.3. The molecular weight excluding hydrogens is 711 g/mol. The summed E-state index contributed by atoms with van der Waals surface area (Å²) in [7, 11) is 0. The summed E-state index contributed by atoms with van der Waals surface area (Å²) < 4.78 is 0. The molecule has 0 aromatic heterocycles. The molecule has 280 valence electrons. The van der Waals surface area contributed by atoms with E-state index in [9.17, 15) is 0 Å². The molecule has 0 radical (unpaired) electrons. The van der Waals surface area contributed by atoms with Gasteiger partial charge < -0.3 is 4.90 Å². The van der Waals surface area contributed by atoms with Crippen LogP contribution in [0.2, 0.25) is 0 Å². The quantitative estimate of drug-likeness (QED) is 0.163. The van der Waals surface area contributed by atoms with Crippen molar-refractivity contribution < 1.29 is 0 Å². The molecule has 1 spiro atoms. The lowest BCUT2D eigenvalue weighted by Crippen LogP contribution is -2.40. The van der Waals surface area contributed by atoms with Gasteiger partial charge in [0.2, 0.25) is 0 Å². The molecule has 0 fully saturated rings. The number of anilines is 3. The molecule has 0 saturated carbocycles. The van der Waals surface area contributed by atoms with Gasteiger partial charge in [-0.25, -0.2) is 0 Å². The van der Waals surface area contributed by atoms with Crippen molar-refractivity contribution in [1.29, 1.82) is 0 Å². The van der Waals surface area contributed by atoms with E-state index >= 15 is 0 Å². The minimum absolute atomic E-state index is 0.138. The van der Waals surface area contributed by atoms with Crippen LogP contribution in [0.1, 0.15) is 47.2 Å². The average molecular weight is 754 g/mol. The first-order valence-electron chi connectivity index (χ1n) is 20.7. The fourth-order valence-corrected chi connectivity index (χ4v) is 10.5. The fraction of sp³-hybridized carbons (Fsp3) is 0.0690. The van der Waals surface area contributed by atoms with Crippen molar-refractivity contribution in [2.45, 2.75) is 24.7 Å². The Balaban J connectivity index is 1.13. The molecule has 0 aliphatic heterocycles. The van der Waals surface area contributed by atoms with Crippen LogP contribution in [0.4, 0.5) is 17.1 Å². The van der Waals surface area contributed by atoms with Gasteiger partial charge in [-0.15, -0.1) is 0 Å². The lowest BCUT2D eigenvalue weighted by molar-refractivity contribution is 0.563. The Kier molecular flexibility index (Phi) is 8.13. The van der Waals surface area contributed by atoms with E-state index in [4.69, 9.17) is 0 Å². The summed E-state index contributed by atoms with van der Waals surface area (Å²) in [6.07, 6.45) is 0. The van der Waals surface area contributed by atoms with Gasteiger partial charge in [0, 0.05) is 22.4 Å². The molecule has 0 N–H and O–H groups in total. The van der Waals surface area contributed by atoms with E-state index in [0.29, 0.717) is 0 Å². The van der Waals surface area contributed by atoms with Crippen LogP contribution in [0.3, 0.4) is 0 Å². The van der Waals surface area contributed by atoms with E-state index in [1.165, 1.54) is 77.9 Å². The SMILES string of the molecule is CC1(C)c2ccccc2C2(c3ccccc3-c3c(-c4cccc(N(c5ccccc5)c5ccccc5-c5ccccc5-c5ccccc5)c4)cccc32)c2ccccc21. The maximum atomic E-state index is 2.43. The standard InChI is InChI=1S/C58H43N/c1-57(2)50-33-14-16-35-52(50)58(53-36-17-15-34-51(53)57)49-32-13-11-30-48(49)56-45(31-20-37-54(56)58)41-23-19-26-43(39-41)59(42-24-7-4-8-25-42)55-38-18-12-29-47(55)46-28-10-9-27-44(46)40-21-5-3-6-22-40/h3-39H,1-2H3. The monoisotopic (exact) mass is 753 g/mol. The molecule has 11 rings (SSSR count). The highest BCUT2D eigenvalue weighted by molar-refractivity contribution is 5.98. The predicted octanol–water partition coefficient (Wildman–Crippen LogP) is 15.2. The third-order valence-corrected chi connectivity index (χ3v) is 13.0. The Hall–Kier alpha value is -7.22. The van der Waals surface area contributed by atoms with Crippen molar-refractivity contribution in [2.24, 2.45) is 0 Å². The van der Waals surface area contributed by atoms with Crippen molar-refractivity contribution in [1.82, 2.24) is 0 Å². The number of para-hydroxylation sites is 2. The van der Waals surface area contributed by atoms with Crippen molar-refractivity contribution in [3.63, 3.8) is 0 Å². The fourth-order valence-electron chi connectivity index (χ4n) is 10.5. The van der Waals surface area contributed by atoms with Crippen LogP contribution in [0.15, 0.2) is 224 Å². The smallest absolute Gasteiger partial charge is 0.0719 e. The summed E-state index contributed by atoms with van der Waals surface area (Å²) in [5.74, 6) is 0. The van der Waals surface area contributed by atoms with Gasteiger partial charge in [0.05, 0.1) is 11.1 Å². The largest absolute Gasteiger partial charge is 0.310 e. The van der Waals surface area contributed by atoms with E-state index in [2.05, 4.69) is 243 Å².